The Morgan fingerprint density at radius 1 is 1.07 bits per heavy atom. The zero-order valence-electron chi connectivity index (χ0n) is 18.9. The second kappa shape index (κ2) is 6.97. The maximum atomic E-state index is 13.5. The summed E-state index contributed by atoms with van der Waals surface area (Å²) in [6.45, 7) is 7.32. The summed E-state index contributed by atoms with van der Waals surface area (Å²) >= 11 is 0. The van der Waals surface area contributed by atoms with Crippen LogP contribution >= 0.6 is 0 Å². The minimum atomic E-state index is -0.247. The highest BCUT2D eigenvalue weighted by Gasteiger charge is 2.64. The Morgan fingerprint density at radius 2 is 1.80 bits per heavy atom. The lowest BCUT2D eigenvalue weighted by Gasteiger charge is -2.65. The molecule has 0 bridgehead atoms. The molecule has 4 aliphatic rings. The molecule has 3 saturated carbocycles. The average molecular weight is 414 g/mol. The van der Waals surface area contributed by atoms with Gasteiger partial charge in [0.2, 0.25) is 5.91 Å². The van der Waals surface area contributed by atoms with E-state index >= 15 is 0 Å². The number of hydrogen-bond donors (Lipinski definition) is 0. The molecule has 3 nitrogen and oxygen atoms in total. The smallest absolute Gasteiger partial charge is 0.222 e. The van der Waals surface area contributed by atoms with Gasteiger partial charge in [-0.1, -0.05) is 27.2 Å². The van der Waals surface area contributed by atoms with Crippen molar-refractivity contribution in [1.29, 1.82) is 0 Å². The van der Waals surface area contributed by atoms with Crippen LogP contribution in [0, 0.1) is 40.3 Å². The number of nitrogens with zero attached hydrogens (tertiary/aromatic N) is 1. The molecule has 1 aromatic rings. The standard InChI is InChI=1S/C26H36FNO2/c1-16-22-19-6-5-13-25(19,2)14-11-20(22)26(3)15-12-21(29)28(4)24(26)23(16)30-18-9-7-17(27)8-10-18/h7-10,16,19-20,22-24H,5-6,11-15H2,1-4H3/t16?,19-,20+,22-,23?,24?,25-,26+/m0/s1. The third kappa shape index (κ3) is 2.85. The lowest BCUT2D eigenvalue weighted by atomic mass is 9.44. The molecular formula is C26H36FNO2. The summed E-state index contributed by atoms with van der Waals surface area (Å²) in [4.78, 5) is 14.7. The molecule has 0 aromatic heterocycles. The van der Waals surface area contributed by atoms with Crippen molar-refractivity contribution in [3.63, 3.8) is 0 Å². The number of rotatable bonds is 2. The number of ether oxygens (including phenoxy) is 1. The maximum Gasteiger partial charge on any atom is 0.222 e. The Hall–Kier alpha value is -1.58. The largest absolute Gasteiger partial charge is 0.488 e. The van der Waals surface area contributed by atoms with Gasteiger partial charge in [0.25, 0.3) is 0 Å². The number of fused-ring (bicyclic) bond motifs is 5. The van der Waals surface area contributed by atoms with Crippen LogP contribution in [0.1, 0.15) is 65.7 Å². The predicted octanol–water partition coefficient (Wildman–Crippen LogP) is 5.68. The molecule has 3 unspecified atom stereocenters. The number of halogens is 1. The van der Waals surface area contributed by atoms with E-state index in [0.29, 0.717) is 35.3 Å². The number of carbonyl (C=O) groups is 1. The van der Waals surface area contributed by atoms with Crippen LogP contribution in [0.4, 0.5) is 4.39 Å². The summed E-state index contributed by atoms with van der Waals surface area (Å²) in [5, 5.41) is 0. The normalized spacial score (nSPS) is 45.5. The molecule has 1 amide bonds. The van der Waals surface area contributed by atoms with Crippen LogP contribution in [0.15, 0.2) is 24.3 Å². The third-order valence-electron chi connectivity index (χ3n) is 9.85. The first kappa shape index (κ1) is 20.3. The van der Waals surface area contributed by atoms with Gasteiger partial charge < -0.3 is 9.64 Å². The molecule has 1 aromatic carbocycles. The number of benzene rings is 1. The molecule has 1 heterocycles. The Labute approximate surface area is 180 Å². The minimum Gasteiger partial charge on any atom is -0.488 e. The lowest BCUT2D eigenvalue weighted by molar-refractivity contribution is -0.191. The van der Waals surface area contributed by atoms with E-state index in [0.717, 1.165) is 12.3 Å². The van der Waals surface area contributed by atoms with Gasteiger partial charge >= 0.3 is 0 Å². The number of likely N-dealkylation sites (N-methyl/N-ethyl adjacent to an activating group) is 1. The van der Waals surface area contributed by atoms with Gasteiger partial charge in [0.05, 0.1) is 6.04 Å². The monoisotopic (exact) mass is 413 g/mol. The highest BCUT2D eigenvalue weighted by atomic mass is 19.1. The molecule has 0 spiro atoms. The highest BCUT2D eigenvalue weighted by Crippen LogP contribution is 2.66. The number of piperidine rings is 1. The van der Waals surface area contributed by atoms with Crippen molar-refractivity contribution < 1.29 is 13.9 Å². The van der Waals surface area contributed by atoms with Crippen molar-refractivity contribution in [3.05, 3.63) is 30.1 Å². The van der Waals surface area contributed by atoms with Crippen molar-refractivity contribution in [3.8, 4) is 5.75 Å². The molecule has 4 heteroatoms. The predicted molar refractivity (Wildman–Crippen MR) is 116 cm³/mol. The van der Waals surface area contributed by atoms with Crippen LogP contribution in [-0.4, -0.2) is 30.0 Å². The van der Waals surface area contributed by atoms with Gasteiger partial charge in [-0.3, -0.25) is 4.79 Å². The first-order chi connectivity index (χ1) is 14.2. The van der Waals surface area contributed by atoms with Crippen molar-refractivity contribution in [2.45, 2.75) is 77.9 Å². The number of hydrogen-bond acceptors (Lipinski definition) is 2. The Kier molecular flexibility index (Phi) is 4.72. The number of likely N-dealkylation sites (tertiary alicyclic amines) is 1. The van der Waals surface area contributed by atoms with Crippen molar-refractivity contribution in [2.24, 2.45) is 34.5 Å². The van der Waals surface area contributed by atoms with Gasteiger partial charge in [-0.25, -0.2) is 4.39 Å². The van der Waals surface area contributed by atoms with E-state index in [4.69, 9.17) is 4.74 Å². The summed E-state index contributed by atoms with van der Waals surface area (Å²) in [7, 11) is 1.97. The summed E-state index contributed by atoms with van der Waals surface area (Å²) < 4.78 is 20.1. The van der Waals surface area contributed by atoms with Crippen LogP contribution in [0.2, 0.25) is 0 Å². The van der Waals surface area contributed by atoms with E-state index in [9.17, 15) is 9.18 Å². The molecule has 4 fully saturated rings. The Morgan fingerprint density at radius 3 is 2.53 bits per heavy atom. The summed E-state index contributed by atoms with van der Waals surface area (Å²) in [6, 6.07) is 6.48. The maximum absolute atomic E-state index is 13.5. The van der Waals surface area contributed by atoms with Crippen LogP contribution in [0.5, 0.6) is 5.75 Å². The van der Waals surface area contributed by atoms with Crippen LogP contribution < -0.4 is 4.74 Å². The van der Waals surface area contributed by atoms with E-state index in [-0.39, 0.29) is 29.3 Å². The lowest BCUT2D eigenvalue weighted by Crippen LogP contribution is -2.69. The Bertz CT molecular complexity index is 825. The molecule has 0 radical (unpaired) electrons. The zero-order chi connectivity index (χ0) is 21.3. The van der Waals surface area contributed by atoms with Crippen LogP contribution in [-0.2, 0) is 4.79 Å². The second-order valence-corrected chi connectivity index (χ2v) is 11.2. The fourth-order valence-electron chi connectivity index (χ4n) is 8.33. The van der Waals surface area contributed by atoms with Crippen LogP contribution in [0.3, 0.4) is 0 Å². The van der Waals surface area contributed by atoms with E-state index in [1.54, 1.807) is 12.1 Å². The molecule has 0 N–H and O–H groups in total. The fourth-order valence-corrected chi connectivity index (χ4v) is 8.33. The third-order valence-corrected chi connectivity index (χ3v) is 9.85. The zero-order valence-corrected chi connectivity index (χ0v) is 18.9. The van der Waals surface area contributed by atoms with Crippen LogP contribution in [0.25, 0.3) is 0 Å². The molecular weight excluding hydrogens is 377 g/mol. The molecule has 3 aliphatic carbocycles. The molecule has 1 saturated heterocycles. The number of amides is 1. The second-order valence-electron chi connectivity index (χ2n) is 11.2. The summed E-state index contributed by atoms with van der Waals surface area (Å²) in [5.41, 5.74) is 0.546. The topological polar surface area (TPSA) is 29.5 Å². The first-order valence-corrected chi connectivity index (χ1v) is 11.9. The average Bonchev–Trinajstić information content (AvgIpc) is 3.11. The van der Waals surface area contributed by atoms with Gasteiger partial charge in [0.15, 0.2) is 0 Å². The quantitative estimate of drug-likeness (QED) is 0.624. The highest BCUT2D eigenvalue weighted by molar-refractivity contribution is 5.77. The van der Waals surface area contributed by atoms with Gasteiger partial charge in [0, 0.05) is 13.5 Å². The van der Waals surface area contributed by atoms with E-state index in [1.165, 1.54) is 44.2 Å². The summed E-state index contributed by atoms with van der Waals surface area (Å²) in [6.07, 6.45) is 8.19. The molecule has 164 valence electrons. The summed E-state index contributed by atoms with van der Waals surface area (Å²) in [5.74, 6) is 3.11. The fraction of sp³-hybridized carbons (Fsp3) is 0.731. The molecule has 30 heavy (non-hydrogen) atoms. The molecule has 8 atom stereocenters. The van der Waals surface area contributed by atoms with E-state index in [1.807, 2.05) is 11.9 Å². The van der Waals surface area contributed by atoms with Crippen molar-refractivity contribution in [1.82, 2.24) is 4.90 Å². The van der Waals surface area contributed by atoms with Crippen molar-refractivity contribution in [2.75, 3.05) is 7.05 Å². The SMILES string of the molecule is CC1C(Oc2ccc(F)cc2)C2N(C)C(=O)CC[C@]2(C)[C@@H]2CC[C@]3(C)CCC[C@H]3[C@H]12. The van der Waals surface area contributed by atoms with Gasteiger partial charge in [0.1, 0.15) is 17.7 Å². The van der Waals surface area contributed by atoms with Gasteiger partial charge in [-0.15, -0.1) is 0 Å². The Balaban J connectivity index is 1.57. The molecule has 5 rings (SSSR count). The van der Waals surface area contributed by atoms with E-state index < -0.39 is 0 Å². The minimum absolute atomic E-state index is 0.0566. The van der Waals surface area contributed by atoms with Gasteiger partial charge in [-0.05, 0) is 90.9 Å². The van der Waals surface area contributed by atoms with E-state index in [2.05, 4.69) is 20.8 Å². The molecule has 1 aliphatic heterocycles. The van der Waals surface area contributed by atoms with Crippen molar-refractivity contribution >= 4 is 5.91 Å². The first-order valence-electron chi connectivity index (χ1n) is 11.9. The van der Waals surface area contributed by atoms with Gasteiger partial charge in [-0.2, -0.15) is 0 Å². The number of carbonyl (C=O) groups excluding carboxylic acids is 1.